The van der Waals surface area contributed by atoms with Crippen molar-refractivity contribution >= 4 is 40.7 Å². The van der Waals surface area contributed by atoms with E-state index in [4.69, 9.17) is 9.72 Å². The Hall–Kier alpha value is -5.04. The molecule has 46 heavy (non-hydrogen) atoms. The molecule has 1 aromatic heterocycles. The quantitative estimate of drug-likeness (QED) is 0.132. The lowest BCUT2D eigenvalue weighted by molar-refractivity contribution is -0.158. The number of aliphatic carboxylic acids is 2. The van der Waals surface area contributed by atoms with E-state index < -0.39 is 65.9 Å². The van der Waals surface area contributed by atoms with Crippen molar-refractivity contribution in [3.05, 3.63) is 77.0 Å². The van der Waals surface area contributed by atoms with Crippen molar-refractivity contribution in [1.29, 1.82) is 0 Å². The Morgan fingerprint density at radius 3 is 2.20 bits per heavy atom. The largest absolute Gasteiger partial charge is 0.481 e. The molecule has 0 bridgehead atoms. The Morgan fingerprint density at radius 1 is 1.00 bits per heavy atom. The number of pyridine rings is 1. The van der Waals surface area contributed by atoms with Crippen LogP contribution in [-0.4, -0.2) is 79.4 Å². The lowest BCUT2D eigenvalue weighted by Gasteiger charge is -2.31. The van der Waals surface area contributed by atoms with Gasteiger partial charge >= 0.3 is 18.0 Å². The molecule has 2 aromatic carbocycles. The smallest absolute Gasteiger partial charge is 0.410 e. The summed E-state index contributed by atoms with van der Waals surface area (Å²) in [4.78, 5) is 69.0. The van der Waals surface area contributed by atoms with Crippen molar-refractivity contribution in [2.45, 2.75) is 64.6 Å². The van der Waals surface area contributed by atoms with Crippen LogP contribution < -0.4 is 10.8 Å². The van der Waals surface area contributed by atoms with Crippen LogP contribution in [0.1, 0.15) is 67.7 Å². The van der Waals surface area contributed by atoms with Crippen LogP contribution in [-0.2, 0) is 25.5 Å². The van der Waals surface area contributed by atoms with E-state index >= 15 is 0 Å². The molecule has 13 heteroatoms. The van der Waals surface area contributed by atoms with Gasteiger partial charge in [-0.15, -0.1) is 0 Å². The zero-order valence-electron chi connectivity index (χ0n) is 26.2. The number of carboxylic acid groups (broad SMARTS) is 2. The molecule has 4 rings (SSSR count). The molecule has 1 aliphatic rings. The van der Waals surface area contributed by atoms with Gasteiger partial charge in [-0.05, 0) is 68.5 Å². The van der Waals surface area contributed by atoms with Crippen molar-refractivity contribution < 1.29 is 44.1 Å². The first-order valence-corrected chi connectivity index (χ1v) is 14.8. The van der Waals surface area contributed by atoms with Crippen molar-refractivity contribution in [1.82, 2.24) is 20.7 Å². The van der Waals surface area contributed by atoms with E-state index in [-0.39, 0.29) is 11.5 Å². The number of hydrogen-bond acceptors (Lipinski definition) is 8. The van der Waals surface area contributed by atoms with Crippen LogP contribution in [0.15, 0.2) is 54.6 Å². The zero-order valence-corrected chi connectivity index (χ0v) is 26.2. The number of rotatable bonds is 9. The number of likely N-dealkylation sites (tertiary alicyclic amines) is 1. The first-order chi connectivity index (χ1) is 21.6. The molecule has 1 fully saturated rings. The van der Waals surface area contributed by atoms with Gasteiger partial charge in [-0.3, -0.25) is 29.4 Å². The van der Waals surface area contributed by atoms with Gasteiger partial charge in [-0.2, -0.15) is 0 Å². The maximum Gasteiger partial charge on any atom is 0.410 e. The summed E-state index contributed by atoms with van der Waals surface area (Å²) in [5.74, 6) is -9.14. The van der Waals surface area contributed by atoms with Gasteiger partial charge in [-0.1, -0.05) is 44.2 Å². The van der Waals surface area contributed by atoms with Crippen molar-refractivity contribution in [2.24, 2.45) is 11.8 Å². The second-order valence-electron chi connectivity index (χ2n) is 12.6. The van der Waals surface area contributed by atoms with E-state index in [9.17, 15) is 39.4 Å². The van der Waals surface area contributed by atoms with Gasteiger partial charge in [0.1, 0.15) is 5.60 Å². The first kappa shape index (κ1) is 33.8. The molecule has 3 atom stereocenters. The maximum atomic E-state index is 13.4. The van der Waals surface area contributed by atoms with E-state index in [1.807, 2.05) is 24.3 Å². The molecule has 3 aromatic rings. The summed E-state index contributed by atoms with van der Waals surface area (Å²) in [6.07, 6.45) is -0.504. The van der Waals surface area contributed by atoms with Gasteiger partial charge in [0.15, 0.2) is 5.92 Å². The van der Waals surface area contributed by atoms with Gasteiger partial charge in [0, 0.05) is 23.2 Å². The van der Waals surface area contributed by atoms with Crippen LogP contribution >= 0.6 is 0 Å². The van der Waals surface area contributed by atoms with Crippen LogP contribution in [0.5, 0.6) is 0 Å². The van der Waals surface area contributed by atoms with Gasteiger partial charge in [0.2, 0.25) is 0 Å². The Morgan fingerprint density at radius 2 is 1.63 bits per heavy atom. The highest BCUT2D eigenvalue weighted by molar-refractivity contribution is 5.97. The van der Waals surface area contributed by atoms with Crippen molar-refractivity contribution in [2.75, 3.05) is 6.54 Å². The number of carbonyl (C=O) groups excluding carboxylic acids is 3. The van der Waals surface area contributed by atoms with Gasteiger partial charge in [-0.25, -0.2) is 10.3 Å². The number of para-hydroxylation sites is 1. The predicted octanol–water partition coefficient (Wildman–Crippen LogP) is 3.57. The van der Waals surface area contributed by atoms with E-state index in [2.05, 4.69) is 25.2 Å². The maximum absolute atomic E-state index is 13.4. The molecular formula is C33H38N4O9. The molecule has 0 spiro atoms. The van der Waals surface area contributed by atoms with Crippen LogP contribution in [0.25, 0.3) is 10.9 Å². The van der Waals surface area contributed by atoms with E-state index in [0.29, 0.717) is 6.42 Å². The molecule has 0 aliphatic carbocycles. The lowest BCUT2D eigenvalue weighted by Crippen LogP contribution is -2.53. The predicted molar refractivity (Wildman–Crippen MR) is 165 cm³/mol. The first-order valence-electron chi connectivity index (χ1n) is 14.8. The Bertz CT molecular complexity index is 1640. The number of benzene rings is 2. The molecule has 1 saturated heterocycles. The Labute approximate surface area is 265 Å². The van der Waals surface area contributed by atoms with Gasteiger partial charge in [0.05, 0.1) is 23.5 Å². The average molecular weight is 635 g/mol. The van der Waals surface area contributed by atoms with Gasteiger partial charge in [0.25, 0.3) is 11.8 Å². The van der Waals surface area contributed by atoms with Crippen LogP contribution in [0.2, 0.25) is 0 Å². The number of hydroxylamine groups is 1. The Kier molecular flexibility index (Phi) is 9.95. The monoisotopic (exact) mass is 634 g/mol. The standard InChI is InChI=1S/C33H38N4O9/c1-17(2)23-15-20(21-8-6-7-9-22(21)34-23)14-18-10-12-19(13-11-18)28(38)35-24-16-37(32(44)46-33(3,4)5)27(25(24)29(39)36-45)26(30(40)41)31(42)43/h6-13,15,17,24-27,45H,14,16H2,1-5H3,(H,35,38)(H,36,39)(H,40,41)(H,42,43)/t24-,25-,27?/m1/s1. The molecule has 1 unspecified atom stereocenters. The van der Waals surface area contributed by atoms with Crippen molar-refractivity contribution in [3.63, 3.8) is 0 Å². The molecule has 5 N–H and O–H groups in total. The summed E-state index contributed by atoms with van der Waals surface area (Å²) >= 11 is 0. The zero-order chi connectivity index (χ0) is 33.9. The fourth-order valence-electron chi connectivity index (χ4n) is 5.69. The third-order valence-electron chi connectivity index (χ3n) is 7.81. The third kappa shape index (κ3) is 7.42. The van der Waals surface area contributed by atoms with Gasteiger partial charge < -0.3 is 25.2 Å². The number of carboxylic acids is 2. The summed E-state index contributed by atoms with van der Waals surface area (Å²) in [6, 6.07) is 13.6. The summed E-state index contributed by atoms with van der Waals surface area (Å²) in [6.45, 7) is 8.37. The number of hydrogen-bond donors (Lipinski definition) is 5. The number of fused-ring (bicyclic) bond motifs is 1. The molecule has 0 radical (unpaired) electrons. The number of nitrogens with one attached hydrogen (secondary N) is 2. The highest BCUT2D eigenvalue weighted by Gasteiger charge is 2.56. The number of ether oxygens (including phenoxy) is 1. The van der Waals surface area contributed by atoms with Crippen LogP contribution in [0, 0.1) is 11.8 Å². The molecule has 1 aliphatic heterocycles. The topological polar surface area (TPSA) is 195 Å². The third-order valence-corrected chi connectivity index (χ3v) is 7.81. The molecule has 2 heterocycles. The molecule has 3 amide bonds. The SMILES string of the molecule is CC(C)c1cc(Cc2ccc(C(=O)N[C@@H]3CN(C(=O)OC(C)(C)C)C(C(C(=O)O)C(=O)O)[C@@H]3C(=O)NO)cc2)c2ccccc2n1. The molecule has 244 valence electrons. The fraction of sp³-hybridized carbons (Fsp3) is 0.394. The van der Waals surface area contributed by atoms with Crippen molar-refractivity contribution in [3.8, 4) is 0 Å². The fourth-order valence-corrected chi connectivity index (χ4v) is 5.69. The average Bonchev–Trinajstić information content (AvgIpc) is 3.34. The molecule has 0 saturated carbocycles. The minimum atomic E-state index is -2.27. The Balaban J connectivity index is 1.61. The lowest BCUT2D eigenvalue weighted by atomic mass is 9.86. The second-order valence-corrected chi connectivity index (χ2v) is 12.6. The summed E-state index contributed by atoms with van der Waals surface area (Å²) in [5.41, 5.74) is 4.44. The minimum absolute atomic E-state index is 0.203. The number of carbonyl (C=O) groups is 5. The number of nitrogens with zero attached hydrogens (tertiary/aromatic N) is 2. The molecule has 13 nitrogen and oxygen atoms in total. The summed E-state index contributed by atoms with van der Waals surface area (Å²) < 4.78 is 5.36. The van der Waals surface area contributed by atoms with E-state index in [0.717, 1.165) is 32.6 Å². The molecular weight excluding hydrogens is 596 g/mol. The highest BCUT2D eigenvalue weighted by atomic mass is 16.6. The van der Waals surface area contributed by atoms with Crippen LogP contribution in [0.4, 0.5) is 4.79 Å². The van der Waals surface area contributed by atoms with Crippen LogP contribution in [0.3, 0.4) is 0 Å². The van der Waals surface area contributed by atoms with E-state index in [1.165, 1.54) is 5.48 Å². The number of amides is 3. The van der Waals surface area contributed by atoms with E-state index in [1.54, 1.807) is 45.0 Å². The second kappa shape index (κ2) is 13.5. The highest BCUT2D eigenvalue weighted by Crippen LogP contribution is 2.33. The summed E-state index contributed by atoms with van der Waals surface area (Å²) in [7, 11) is 0. The normalized spacial score (nSPS) is 18.1. The summed E-state index contributed by atoms with van der Waals surface area (Å²) in [5, 5.41) is 32.6. The minimum Gasteiger partial charge on any atom is -0.481 e. The number of aromatic nitrogens is 1.